The molecular formula is C18H30N3O3S+. The topological polar surface area (TPSA) is 83.1 Å². The fourth-order valence-electron chi connectivity index (χ4n) is 3.20. The molecule has 140 valence electrons. The van der Waals surface area contributed by atoms with Crippen LogP contribution in [0.4, 0.5) is 5.69 Å². The Bertz CT molecular complexity index is 681. The van der Waals surface area contributed by atoms with Gasteiger partial charge >= 0.3 is 0 Å². The number of quaternary nitrogens is 1. The van der Waals surface area contributed by atoms with Crippen molar-refractivity contribution in [3.05, 3.63) is 24.3 Å². The van der Waals surface area contributed by atoms with Gasteiger partial charge < -0.3 is 10.6 Å². The molecule has 25 heavy (non-hydrogen) atoms. The van der Waals surface area contributed by atoms with E-state index in [1.807, 2.05) is 6.92 Å². The molecule has 0 unspecified atom stereocenters. The van der Waals surface area contributed by atoms with Crippen molar-refractivity contribution in [2.24, 2.45) is 0 Å². The molecule has 0 radical (unpaired) electrons. The molecular weight excluding hydrogens is 338 g/mol. The van der Waals surface area contributed by atoms with Gasteiger partial charge in [-0.1, -0.05) is 18.9 Å². The highest BCUT2D eigenvalue weighted by Gasteiger charge is 2.23. The maximum absolute atomic E-state index is 12.5. The van der Waals surface area contributed by atoms with E-state index in [1.54, 1.807) is 12.1 Å². The molecule has 1 fully saturated rings. The molecule has 1 saturated carbocycles. The van der Waals surface area contributed by atoms with Gasteiger partial charge in [0.05, 0.1) is 10.9 Å². The Kier molecular flexibility index (Phi) is 6.98. The zero-order chi connectivity index (χ0) is 18.4. The predicted octanol–water partition coefficient (Wildman–Crippen LogP) is 1.55. The summed E-state index contributed by atoms with van der Waals surface area (Å²) >= 11 is 0. The van der Waals surface area contributed by atoms with E-state index in [1.165, 1.54) is 51.9 Å². The first-order chi connectivity index (χ1) is 11.8. The first-order valence-electron chi connectivity index (χ1n) is 8.99. The molecule has 1 aliphatic rings. The molecule has 1 aromatic rings. The predicted molar refractivity (Wildman–Crippen MR) is 98.8 cm³/mol. The lowest BCUT2D eigenvalue weighted by Gasteiger charge is -2.18. The summed E-state index contributed by atoms with van der Waals surface area (Å²) in [7, 11) is -0.527. The lowest BCUT2D eigenvalue weighted by Crippen LogP contribution is -2.96. The molecule has 1 aromatic carbocycles. The fourth-order valence-corrected chi connectivity index (χ4v) is 4.15. The van der Waals surface area contributed by atoms with E-state index in [0.29, 0.717) is 11.7 Å². The summed E-state index contributed by atoms with van der Waals surface area (Å²) in [6.45, 7) is 1.90. The Morgan fingerprint density at radius 3 is 2.44 bits per heavy atom. The molecule has 0 bridgehead atoms. The Balaban J connectivity index is 2.00. The zero-order valence-electron chi connectivity index (χ0n) is 15.4. The summed E-state index contributed by atoms with van der Waals surface area (Å²) in [6, 6.07) is 6.70. The van der Waals surface area contributed by atoms with Crippen molar-refractivity contribution in [2.75, 3.05) is 19.4 Å². The number of nitrogens with one attached hydrogen (secondary N) is 1. The first-order valence-corrected chi connectivity index (χ1v) is 10.4. The molecule has 1 amide bonds. The third-order valence-electron chi connectivity index (χ3n) is 4.75. The number of nitrogens with two attached hydrogens (primary N) is 1. The van der Waals surface area contributed by atoms with Crippen LogP contribution in [0, 0.1) is 0 Å². The maximum Gasteiger partial charge on any atom is 0.282 e. The Morgan fingerprint density at radius 2 is 1.84 bits per heavy atom. The van der Waals surface area contributed by atoms with Crippen LogP contribution in [-0.4, -0.2) is 44.8 Å². The van der Waals surface area contributed by atoms with Gasteiger partial charge in [0.15, 0.2) is 6.04 Å². The molecule has 2 rings (SSSR count). The zero-order valence-corrected chi connectivity index (χ0v) is 16.2. The fraction of sp³-hybridized carbons (Fsp3) is 0.611. The number of carbonyl (C=O) groups is 1. The quantitative estimate of drug-likeness (QED) is 0.748. The number of carbonyl (C=O) groups excluding carboxylic acids is 1. The van der Waals surface area contributed by atoms with Crippen LogP contribution in [0.15, 0.2) is 29.2 Å². The minimum Gasteiger partial charge on any atom is -0.334 e. The Morgan fingerprint density at radius 1 is 1.20 bits per heavy atom. The summed E-state index contributed by atoms with van der Waals surface area (Å²) in [5, 5.41) is 5.00. The number of hydrogen-bond donors (Lipinski definition) is 2. The van der Waals surface area contributed by atoms with E-state index >= 15 is 0 Å². The molecule has 6 nitrogen and oxygen atoms in total. The van der Waals surface area contributed by atoms with Crippen molar-refractivity contribution in [1.82, 2.24) is 4.31 Å². The van der Waals surface area contributed by atoms with Crippen molar-refractivity contribution in [2.45, 2.75) is 62.4 Å². The molecule has 1 aliphatic carbocycles. The van der Waals surface area contributed by atoms with Crippen molar-refractivity contribution >= 4 is 21.6 Å². The maximum atomic E-state index is 12.5. The molecule has 0 heterocycles. The highest BCUT2D eigenvalue weighted by molar-refractivity contribution is 7.89. The SMILES string of the molecule is C[C@@H]([NH2+]C1CCCCCC1)C(=O)Nc1cccc(S(=O)(=O)N(C)C)c1. The van der Waals surface area contributed by atoms with Crippen LogP contribution in [0.1, 0.15) is 45.4 Å². The van der Waals surface area contributed by atoms with Gasteiger partial charge in [0.2, 0.25) is 10.0 Å². The van der Waals surface area contributed by atoms with Gasteiger partial charge in [0.1, 0.15) is 0 Å². The normalized spacial score (nSPS) is 17.9. The first kappa shape index (κ1) is 19.9. The molecule has 0 aromatic heterocycles. The number of anilines is 1. The van der Waals surface area contributed by atoms with E-state index in [4.69, 9.17) is 0 Å². The lowest BCUT2D eigenvalue weighted by atomic mass is 10.1. The number of nitrogens with zero attached hydrogens (tertiary/aromatic N) is 1. The third kappa shape index (κ3) is 5.52. The standard InChI is InChI=1S/C18H29N3O3S/c1-14(19-15-9-6-4-5-7-10-15)18(22)20-16-11-8-12-17(13-16)25(23,24)21(2)3/h8,11-15,19H,4-7,9-10H2,1-3H3,(H,20,22)/p+1/t14-/m1/s1. The van der Waals surface area contributed by atoms with Crippen LogP contribution in [0.3, 0.4) is 0 Å². The summed E-state index contributed by atoms with van der Waals surface area (Å²) in [5.74, 6) is -0.0938. The molecule has 7 heteroatoms. The van der Waals surface area contributed by atoms with Crippen LogP contribution < -0.4 is 10.6 Å². The van der Waals surface area contributed by atoms with E-state index in [0.717, 1.165) is 17.1 Å². The second-order valence-corrected chi connectivity index (χ2v) is 9.19. The number of hydrogen-bond acceptors (Lipinski definition) is 3. The van der Waals surface area contributed by atoms with Gasteiger partial charge in [-0.2, -0.15) is 0 Å². The second-order valence-electron chi connectivity index (χ2n) is 7.04. The number of amides is 1. The Hall–Kier alpha value is -1.44. The van der Waals surface area contributed by atoms with Crippen LogP contribution in [-0.2, 0) is 14.8 Å². The van der Waals surface area contributed by atoms with Crippen LogP contribution in [0.25, 0.3) is 0 Å². The van der Waals surface area contributed by atoms with Crippen molar-refractivity contribution < 1.29 is 18.5 Å². The second kappa shape index (κ2) is 8.78. The average molecular weight is 369 g/mol. The smallest absolute Gasteiger partial charge is 0.282 e. The van der Waals surface area contributed by atoms with Crippen LogP contribution in [0.2, 0.25) is 0 Å². The highest BCUT2D eigenvalue weighted by atomic mass is 32.2. The largest absolute Gasteiger partial charge is 0.334 e. The van der Waals surface area contributed by atoms with Crippen molar-refractivity contribution in [1.29, 1.82) is 0 Å². The number of sulfonamides is 1. The summed E-state index contributed by atoms with van der Waals surface area (Å²) in [6.07, 6.45) is 7.37. The van der Waals surface area contributed by atoms with Crippen molar-refractivity contribution in [3.63, 3.8) is 0 Å². The van der Waals surface area contributed by atoms with E-state index in [2.05, 4.69) is 10.6 Å². The van der Waals surface area contributed by atoms with Gasteiger partial charge in [-0.25, -0.2) is 12.7 Å². The van der Waals surface area contributed by atoms with E-state index in [-0.39, 0.29) is 16.8 Å². The van der Waals surface area contributed by atoms with Gasteiger partial charge in [0.25, 0.3) is 5.91 Å². The minimum atomic E-state index is -3.51. The van der Waals surface area contributed by atoms with Gasteiger partial charge in [0, 0.05) is 19.8 Å². The molecule has 0 saturated heterocycles. The van der Waals surface area contributed by atoms with Gasteiger partial charge in [-0.05, 0) is 50.8 Å². The summed E-state index contributed by atoms with van der Waals surface area (Å²) in [5.41, 5.74) is 0.508. The third-order valence-corrected chi connectivity index (χ3v) is 6.57. The van der Waals surface area contributed by atoms with Gasteiger partial charge in [-0.15, -0.1) is 0 Å². The molecule has 0 spiro atoms. The highest BCUT2D eigenvalue weighted by Crippen LogP contribution is 2.18. The Labute approximate surface area is 151 Å². The molecule has 1 atom stereocenters. The number of rotatable bonds is 6. The summed E-state index contributed by atoms with van der Waals surface area (Å²) in [4.78, 5) is 12.6. The molecule has 3 N–H and O–H groups in total. The van der Waals surface area contributed by atoms with Crippen molar-refractivity contribution in [3.8, 4) is 0 Å². The van der Waals surface area contributed by atoms with Crippen LogP contribution in [0.5, 0.6) is 0 Å². The van der Waals surface area contributed by atoms with E-state index < -0.39 is 10.0 Å². The molecule has 0 aliphatic heterocycles. The average Bonchev–Trinajstić information content (AvgIpc) is 2.83. The monoisotopic (exact) mass is 368 g/mol. The minimum absolute atomic E-state index is 0.0938. The lowest BCUT2D eigenvalue weighted by molar-refractivity contribution is -0.707. The van der Waals surface area contributed by atoms with Gasteiger partial charge in [-0.3, -0.25) is 4.79 Å². The number of benzene rings is 1. The van der Waals surface area contributed by atoms with E-state index in [9.17, 15) is 13.2 Å². The van der Waals surface area contributed by atoms with Crippen LogP contribution >= 0.6 is 0 Å². The summed E-state index contributed by atoms with van der Waals surface area (Å²) < 4.78 is 25.6.